The normalized spacial score (nSPS) is 11.4. The Hall–Kier alpha value is -2.96. The third-order valence-corrected chi connectivity index (χ3v) is 3.71. The highest BCUT2D eigenvalue weighted by molar-refractivity contribution is 5.80. The van der Waals surface area contributed by atoms with Crippen LogP contribution in [0.25, 0.3) is 28.2 Å². The monoisotopic (exact) mass is 293 g/mol. The molecule has 0 aliphatic heterocycles. The van der Waals surface area contributed by atoms with Crippen molar-refractivity contribution in [3.63, 3.8) is 0 Å². The number of benzene rings is 1. The summed E-state index contributed by atoms with van der Waals surface area (Å²) >= 11 is 0. The molecule has 0 aliphatic rings. The van der Waals surface area contributed by atoms with Crippen molar-refractivity contribution in [1.29, 1.82) is 0 Å². The Labute approximate surface area is 126 Å². The Morgan fingerprint density at radius 1 is 1.09 bits per heavy atom. The van der Waals surface area contributed by atoms with Crippen molar-refractivity contribution in [2.45, 2.75) is 6.92 Å². The molecule has 3 aromatic heterocycles. The van der Waals surface area contributed by atoms with E-state index in [2.05, 4.69) is 26.2 Å². The lowest BCUT2D eigenvalue weighted by molar-refractivity contribution is 0.698. The second-order valence-electron chi connectivity index (χ2n) is 5.27. The molecule has 4 rings (SSSR count). The van der Waals surface area contributed by atoms with Crippen LogP contribution in [0.4, 0.5) is 0 Å². The molecule has 0 saturated carbocycles. The second kappa shape index (κ2) is 4.52. The predicted molar refractivity (Wildman–Crippen MR) is 82.6 cm³/mol. The largest absolute Gasteiger partial charge is 0.334 e. The first-order valence-electron chi connectivity index (χ1n) is 6.97. The van der Waals surface area contributed by atoms with E-state index < -0.39 is 0 Å². The van der Waals surface area contributed by atoms with Gasteiger partial charge < -0.3 is 4.57 Å². The van der Waals surface area contributed by atoms with Crippen LogP contribution >= 0.6 is 0 Å². The van der Waals surface area contributed by atoms with E-state index in [0.29, 0.717) is 0 Å². The molecule has 0 unspecified atom stereocenters. The highest BCUT2D eigenvalue weighted by atomic mass is 15.4. The van der Waals surface area contributed by atoms with E-state index in [0.717, 1.165) is 34.1 Å². The lowest BCUT2D eigenvalue weighted by atomic mass is 10.2. The van der Waals surface area contributed by atoms with Gasteiger partial charge in [0.25, 0.3) is 0 Å². The topological polar surface area (TPSA) is 66.3 Å². The summed E-state index contributed by atoms with van der Waals surface area (Å²) in [6.07, 6.45) is 3.56. The van der Waals surface area contributed by atoms with Crippen molar-refractivity contribution in [3.8, 4) is 17.2 Å². The average Bonchev–Trinajstić information content (AvgIpc) is 3.18. The number of fused-ring (bicyclic) bond motifs is 1. The van der Waals surface area contributed by atoms with Gasteiger partial charge >= 0.3 is 0 Å². The van der Waals surface area contributed by atoms with Crippen molar-refractivity contribution < 1.29 is 0 Å². The van der Waals surface area contributed by atoms with Gasteiger partial charge in [0, 0.05) is 25.7 Å². The van der Waals surface area contributed by atoms with Gasteiger partial charge in [0.2, 0.25) is 0 Å². The smallest absolute Gasteiger partial charge is 0.165 e. The molecule has 0 atom stereocenters. The van der Waals surface area contributed by atoms with Gasteiger partial charge in [-0.15, -0.1) is 5.10 Å². The highest BCUT2D eigenvalue weighted by Gasteiger charge is 2.15. The molecule has 3 heterocycles. The van der Waals surface area contributed by atoms with Crippen molar-refractivity contribution in [3.05, 3.63) is 42.6 Å². The summed E-state index contributed by atoms with van der Waals surface area (Å²) < 4.78 is 5.58. The summed E-state index contributed by atoms with van der Waals surface area (Å²) in [6, 6.07) is 8.04. The summed E-state index contributed by atoms with van der Waals surface area (Å²) in [4.78, 5) is 8.98. The van der Waals surface area contributed by atoms with Gasteiger partial charge in [0.05, 0.1) is 23.6 Å². The molecule has 0 amide bonds. The molecule has 0 aliphatic carbocycles. The zero-order valence-corrected chi connectivity index (χ0v) is 12.6. The minimum absolute atomic E-state index is 0.720. The van der Waals surface area contributed by atoms with E-state index in [1.165, 1.54) is 0 Å². The number of aryl methyl sites for hydroxylation is 3. The number of imidazole rings is 1. The van der Waals surface area contributed by atoms with Crippen molar-refractivity contribution >= 4 is 11.0 Å². The fourth-order valence-corrected chi connectivity index (χ4v) is 2.61. The van der Waals surface area contributed by atoms with E-state index in [1.807, 2.05) is 54.8 Å². The van der Waals surface area contributed by atoms with Gasteiger partial charge in [-0.3, -0.25) is 4.68 Å². The van der Waals surface area contributed by atoms with Gasteiger partial charge in [-0.25, -0.2) is 9.97 Å². The fraction of sp³-hybridized carbons (Fsp3) is 0.200. The molecule has 22 heavy (non-hydrogen) atoms. The van der Waals surface area contributed by atoms with E-state index in [9.17, 15) is 0 Å². The molecule has 7 heteroatoms. The van der Waals surface area contributed by atoms with Crippen LogP contribution in [0.1, 0.15) is 5.82 Å². The molecule has 7 nitrogen and oxygen atoms in total. The molecular formula is C15H15N7. The van der Waals surface area contributed by atoms with Crippen LogP contribution in [0.3, 0.4) is 0 Å². The van der Waals surface area contributed by atoms with Crippen LogP contribution < -0.4 is 0 Å². The van der Waals surface area contributed by atoms with Crippen LogP contribution in [-0.2, 0) is 14.1 Å². The van der Waals surface area contributed by atoms with Crippen LogP contribution in [0.15, 0.2) is 36.8 Å². The number of hydrogen-bond donors (Lipinski definition) is 0. The van der Waals surface area contributed by atoms with E-state index in [4.69, 9.17) is 0 Å². The van der Waals surface area contributed by atoms with Gasteiger partial charge in [0.15, 0.2) is 11.6 Å². The third kappa shape index (κ3) is 1.82. The quantitative estimate of drug-likeness (QED) is 0.566. The summed E-state index contributed by atoms with van der Waals surface area (Å²) in [6.45, 7) is 1.88. The first-order valence-corrected chi connectivity index (χ1v) is 6.97. The average molecular weight is 293 g/mol. The van der Waals surface area contributed by atoms with Crippen LogP contribution in [0, 0.1) is 6.92 Å². The Morgan fingerprint density at radius 3 is 2.73 bits per heavy atom. The summed E-state index contributed by atoms with van der Waals surface area (Å²) in [7, 11) is 3.87. The summed E-state index contributed by atoms with van der Waals surface area (Å²) in [5.74, 6) is 2.38. The van der Waals surface area contributed by atoms with Gasteiger partial charge in [-0.2, -0.15) is 9.78 Å². The predicted octanol–water partition coefficient (Wildman–Crippen LogP) is 1.86. The maximum Gasteiger partial charge on any atom is 0.165 e. The van der Waals surface area contributed by atoms with Crippen molar-refractivity contribution in [2.75, 3.05) is 0 Å². The van der Waals surface area contributed by atoms with Crippen molar-refractivity contribution in [1.82, 2.24) is 34.1 Å². The van der Waals surface area contributed by atoms with Gasteiger partial charge in [-0.1, -0.05) is 0 Å². The Kier molecular flexibility index (Phi) is 2.62. The number of aromatic nitrogens is 7. The van der Waals surface area contributed by atoms with E-state index >= 15 is 0 Å². The SMILES string of the molecule is Cc1nc(-c2ccc3c(c2)ncn3C)n(-c2ccnn2C)n1. The number of rotatable bonds is 2. The number of nitrogens with zero attached hydrogens (tertiary/aromatic N) is 7. The maximum atomic E-state index is 4.57. The van der Waals surface area contributed by atoms with Crippen molar-refractivity contribution in [2.24, 2.45) is 14.1 Å². The first kappa shape index (κ1) is 12.8. The first-order chi connectivity index (χ1) is 10.6. The molecule has 0 bridgehead atoms. The summed E-state index contributed by atoms with van der Waals surface area (Å²) in [5, 5.41) is 8.70. The fourth-order valence-electron chi connectivity index (χ4n) is 2.61. The standard InChI is InChI=1S/C15H15N7/c1-10-18-15(22(19-10)14-6-7-17-21(14)3)11-4-5-13-12(8-11)16-9-20(13)2/h4-9H,1-3H3. The Balaban J connectivity index is 1.93. The molecule has 0 radical (unpaired) electrons. The molecule has 1 aromatic carbocycles. The van der Waals surface area contributed by atoms with Crippen LogP contribution in [0.5, 0.6) is 0 Å². The Morgan fingerprint density at radius 2 is 1.95 bits per heavy atom. The minimum Gasteiger partial charge on any atom is -0.334 e. The zero-order chi connectivity index (χ0) is 15.3. The third-order valence-electron chi connectivity index (χ3n) is 3.71. The molecule has 0 fully saturated rings. The molecular weight excluding hydrogens is 278 g/mol. The molecule has 110 valence electrons. The molecule has 0 saturated heterocycles. The number of hydrogen-bond acceptors (Lipinski definition) is 4. The Bertz CT molecular complexity index is 973. The van der Waals surface area contributed by atoms with E-state index in [-0.39, 0.29) is 0 Å². The summed E-state index contributed by atoms with van der Waals surface area (Å²) in [5.41, 5.74) is 3.01. The van der Waals surface area contributed by atoms with E-state index in [1.54, 1.807) is 10.9 Å². The van der Waals surface area contributed by atoms with Gasteiger partial charge in [-0.05, 0) is 25.1 Å². The molecule has 0 N–H and O–H groups in total. The lowest BCUT2D eigenvalue weighted by Gasteiger charge is -2.06. The van der Waals surface area contributed by atoms with Gasteiger partial charge in [0.1, 0.15) is 5.82 Å². The zero-order valence-electron chi connectivity index (χ0n) is 12.6. The highest BCUT2D eigenvalue weighted by Crippen LogP contribution is 2.24. The molecule has 0 spiro atoms. The minimum atomic E-state index is 0.720. The van der Waals surface area contributed by atoms with Crippen LogP contribution in [0.2, 0.25) is 0 Å². The maximum absolute atomic E-state index is 4.57. The second-order valence-corrected chi connectivity index (χ2v) is 5.27. The lowest BCUT2D eigenvalue weighted by Crippen LogP contribution is -2.06. The molecule has 4 aromatic rings. The van der Waals surface area contributed by atoms with Crippen LogP contribution in [-0.4, -0.2) is 34.1 Å².